The van der Waals surface area contributed by atoms with Gasteiger partial charge in [-0.15, -0.1) is 0 Å². The Morgan fingerprint density at radius 2 is 2.00 bits per heavy atom. The summed E-state index contributed by atoms with van der Waals surface area (Å²) in [6.45, 7) is 2.26. The fraction of sp³-hybridized carbons (Fsp3) is 0.250. The van der Waals surface area contributed by atoms with Crippen LogP contribution in [0.25, 0.3) is 0 Å². The van der Waals surface area contributed by atoms with Crippen LogP contribution in [0.2, 0.25) is 0 Å². The van der Waals surface area contributed by atoms with Crippen molar-refractivity contribution in [3.63, 3.8) is 0 Å². The number of aliphatic hydroxyl groups is 1. The monoisotopic (exact) mass is 349 g/mol. The maximum atomic E-state index is 9.68. The van der Waals surface area contributed by atoms with Crippen molar-refractivity contribution in [2.75, 3.05) is 18.7 Å². The lowest BCUT2D eigenvalue weighted by Crippen LogP contribution is -2.14. The van der Waals surface area contributed by atoms with E-state index < -0.39 is 0 Å². The summed E-state index contributed by atoms with van der Waals surface area (Å²) in [5, 5.41) is 13.0. The van der Waals surface area contributed by atoms with Crippen LogP contribution in [-0.4, -0.2) is 18.5 Å². The van der Waals surface area contributed by atoms with E-state index in [0.29, 0.717) is 11.5 Å². The second kappa shape index (κ2) is 5.95. The summed E-state index contributed by atoms with van der Waals surface area (Å²) >= 11 is 3.48. The highest BCUT2D eigenvalue weighted by Gasteiger charge is 2.21. The number of aliphatic hydroxyl groups excluding tert-OH is 1. The first-order chi connectivity index (χ1) is 10.2. The summed E-state index contributed by atoms with van der Waals surface area (Å²) in [6.07, 6.45) is 0. The smallest absolute Gasteiger partial charge is 0.231 e. The molecule has 0 amide bonds. The third-order valence-electron chi connectivity index (χ3n) is 3.43. The molecule has 0 spiro atoms. The molecule has 1 aliphatic rings. The van der Waals surface area contributed by atoms with Crippen molar-refractivity contribution in [2.24, 2.45) is 0 Å². The molecule has 3 rings (SSSR count). The lowest BCUT2D eigenvalue weighted by molar-refractivity contribution is 0.173. The van der Waals surface area contributed by atoms with E-state index in [1.54, 1.807) is 0 Å². The Bertz CT molecular complexity index is 643. The second-order valence-corrected chi connectivity index (χ2v) is 5.84. The van der Waals surface area contributed by atoms with Crippen molar-refractivity contribution in [1.29, 1.82) is 0 Å². The van der Waals surface area contributed by atoms with Crippen LogP contribution < -0.4 is 14.8 Å². The van der Waals surface area contributed by atoms with E-state index in [1.165, 1.54) is 5.56 Å². The van der Waals surface area contributed by atoms with E-state index in [4.69, 9.17) is 9.47 Å². The highest BCUT2D eigenvalue weighted by Crippen LogP contribution is 2.41. The second-order valence-electron chi connectivity index (χ2n) is 4.98. The van der Waals surface area contributed by atoms with Crippen molar-refractivity contribution < 1.29 is 14.6 Å². The first-order valence-corrected chi connectivity index (χ1v) is 7.50. The van der Waals surface area contributed by atoms with Gasteiger partial charge in [0.05, 0.1) is 17.1 Å². The highest BCUT2D eigenvalue weighted by molar-refractivity contribution is 9.10. The fourth-order valence-corrected chi connectivity index (χ4v) is 2.85. The number of hydrogen-bond donors (Lipinski definition) is 2. The van der Waals surface area contributed by atoms with Gasteiger partial charge in [0.15, 0.2) is 11.5 Å². The molecule has 0 bridgehead atoms. The molecular formula is C16H16BrNO3. The third kappa shape index (κ3) is 2.99. The number of anilines is 1. The SMILES string of the molecule is Cc1ccc(NC(CO)c2cc(Br)c3c(c2)OCO3)cc1. The molecule has 2 N–H and O–H groups in total. The van der Waals surface area contributed by atoms with Crippen molar-refractivity contribution in [2.45, 2.75) is 13.0 Å². The van der Waals surface area contributed by atoms with Crippen LogP contribution in [0, 0.1) is 6.92 Å². The van der Waals surface area contributed by atoms with Crippen LogP contribution in [-0.2, 0) is 0 Å². The average Bonchev–Trinajstić information content (AvgIpc) is 2.95. The zero-order chi connectivity index (χ0) is 14.8. The molecule has 4 nitrogen and oxygen atoms in total. The number of ether oxygens (including phenoxy) is 2. The van der Waals surface area contributed by atoms with Gasteiger partial charge in [0.25, 0.3) is 0 Å². The molecule has 0 aromatic heterocycles. The number of hydrogen-bond acceptors (Lipinski definition) is 4. The third-order valence-corrected chi connectivity index (χ3v) is 4.02. The van der Waals surface area contributed by atoms with Crippen molar-refractivity contribution in [1.82, 2.24) is 0 Å². The van der Waals surface area contributed by atoms with Gasteiger partial charge in [-0.1, -0.05) is 17.7 Å². The van der Waals surface area contributed by atoms with Crippen molar-refractivity contribution in [3.05, 3.63) is 52.0 Å². The van der Waals surface area contributed by atoms with Crippen LogP contribution in [0.1, 0.15) is 17.2 Å². The molecule has 0 aliphatic carbocycles. The van der Waals surface area contributed by atoms with E-state index in [-0.39, 0.29) is 19.4 Å². The van der Waals surface area contributed by atoms with E-state index in [1.807, 2.05) is 43.3 Å². The number of rotatable bonds is 4. The van der Waals surface area contributed by atoms with Crippen LogP contribution in [0.15, 0.2) is 40.9 Å². The van der Waals surface area contributed by atoms with Gasteiger partial charge in [-0.3, -0.25) is 0 Å². The van der Waals surface area contributed by atoms with Gasteiger partial charge in [0.1, 0.15) is 0 Å². The summed E-state index contributed by atoms with van der Waals surface area (Å²) in [4.78, 5) is 0. The summed E-state index contributed by atoms with van der Waals surface area (Å²) in [5.41, 5.74) is 3.11. The molecule has 1 atom stereocenters. The number of halogens is 1. The lowest BCUT2D eigenvalue weighted by atomic mass is 10.1. The zero-order valence-electron chi connectivity index (χ0n) is 11.6. The molecule has 21 heavy (non-hydrogen) atoms. The Hall–Kier alpha value is -1.72. The maximum absolute atomic E-state index is 9.68. The minimum Gasteiger partial charge on any atom is -0.454 e. The molecule has 2 aromatic carbocycles. The van der Waals surface area contributed by atoms with Gasteiger partial charge >= 0.3 is 0 Å². The summed E-state index contributed by atoms with van der Waals surface area (Å²) in [5.74, 6) is 1.41. The highest BCUT2D eigenvalue weighted by atomic mass is 79.9. The topological polar surface area (TPSA) is 50.7 Å². The van der Waals surface area contributed by atoms with Gasteiger partial charge < -0.3 is 19.9 Å². The quantitative estimate of drug-likeness (QED) is 0.884. The maximum Gasteiger partial charge on any atom is 0.231 e. The molecule has 0 radical (unpaired) electrons. The Morgan fingerprint density at radius 1 is 1.24 bits per heavy atom. The predicted molar refractivity (Wildman–Crippen MR) is 84.9 cm³/mol. The van der Waals surface area contributed by atoms with Crippen LogP contribution >= 0.6 is 15.9 Å². The Morgan fingerprint density at radius 3 is 2.71 bits per heavy atom. The summed E-state index contributed by atoms with van der Waals surface area (Å²) in [6, 6.07) is 11.7. The normalized spacial score (nSPS) is 14.0. The minimum atomic E-state index is -0.210. The number of benzene rings is 2. The molecule has 0 saturated carbocycles. The van der Waals surface area contributed by atoms with Gasteiger partial charge in [-0.2, -0.15) is 0 Å². The van der Waals surface area contributed by atoms with E-state index >= 15 is 0 Å². The summed E-state index contributed by atoms with van der Waals surface area (Å²) < 4.78 is 11.6. The van der Waals surface area contributed by atoms with Gasteiger partial charge in [-0.25, -0.2) is 0 Å². The lowest BCUT2D eigenvalue weighted by Gasteiger charge is -2.19. The molecule has 110 valence electrons. The molecule has 2 aromatic rings. The molecule has 0 fully saturated rings. The van der Waals surface area contributed by atoms with Crippen molar-refractivity contribution in [3.8, 4) is 11.5 Å². The Labute approximate surface area is 131 Å². The van der Waals surface area contributed by atoms with Crippen LogP contribution in [0.3, 0.4) is 0 Å². The first kappa shape index (κ1) is 14.2. The van der Waals surface area contributed by atoms with Crippen LogP contribution in [0.5, 0.6) is 11.5 Å². The molecular weight excluding hydrogens is 334 g/mol. The largest absolute Gasteiger partial charge is 0.454 e. The molecule has 1 heterocycles. The predicted octanol–water partition coefficient (Wildman–Crippen LogP) is 3.63. The average molecular weight is 350 g/mol. The molecule has 1 unspecified atom stereocenters. The summed E-state index contributed by atoms with van der Waals surface area (Å²) in [7, 11) is 0. The van der Waals surface area contributed by atoms with Crippen LogP contribution in [0.4, 0.5) is 5.69 Å². The Kier molecular flexibility index (Phi) is 4.03. The number of fused-ring (bicyclic) bond motifs is 1. The first-order valence-electron chi connectivity index (χ1n) is 6.70. The van der Waals surface area contributed by atoms with E-state index in [2.05, 4.69) is 21.2 Å². The standard InChI is InChI=1S/C16H16BrNO3/c1-10-2-4-12(5-3-10)18-14(8-19)11-6-13(17)16-15(7-11)20-9-21-16/h2-7,14,18-19H,8-9H2,1H3. The Balaban J connectivity index is 1.86. The fourth-order valence-electron chi connectivity index (χ4n) is 2.27. The number of aryl methyl sites for hydroxylation is 1. The zero-order valence-corrected chi connectivity index (χ0v) is 13.2. The molecule has 5 heteroatoms. The minimum absolute atomic E-state index is 0.0139. The van der Waals surface area contributed by atoms with Crippen molar-refractivity contribution >= 4 is 21.6 Å². The van der Waals surface area contributed by atoms with Gasteiger partial charge in [-0.05, 0) is 52.7 Å². The molecule has 0 saturated heterocycles. The van der Waals surface area contributed by atoms with Gasteiger partial charge in [0, 0.05) is 5.69 Å². The molecule has 1 aliphatic heterocycles. The van der Waals surface area contributed by atoms with E-state index in [0.717, 1.165) is 15.7 Å². The number of nitrogens with one attached hydrogen (secondary N) is 1. The van der Waals surface area contributed by atoms with E-state index in [9.17, 15) is 5.11 Å². The van der Waals surface area contributed by atoms with Gasteiger partial charge in [0.2, 0.25) is 6.79 Å².